The molecule has 2 aromatic carbocycles. The average molecular weight is 323 g/mol. The molecule has 0 saturated heterocycles. The molecule has 0 radical (unpaired) electrons. The number of hydrogen-bond donors (Lipinski definition) is 2. The molecule has 1 aliphatic carbocycles. The van der Waals surface area contributed by atoms with Gasteiger partial charge in [-0.05, 0) is 36.0 Å². The fraction of sp³-hybridized carbons (Fsp3) is 0.300. The molecule has 2 aromatic rings. The van der Waals surface area contributed by atoms with Crippen molar-refractivity contribution in [1.82, 2.24) is 5.32 Å². The maximum atomic E-state index is 12.7. The third kappa shape index (κ3) is 3.82. The molecule has 0 fully saturated rings. The lowest BCUT2D eigenvalue weighted by Crippen LogP contribution is -2.37. The summed E-state index contributed by atoms with van der Waals surface area (Å²) in [5, 5.41) is 12.1. The van der Waals surface area contributed by atoms with Crippen molar-refractivity contribution in [2.24, 2.45) is 5.92 Å². The lowest BCUT2D eigenvalue weighted by Gasteiger charge is -2.26. The second-order valence-electron chi connectivity index (χ2n) is 6.28. The van der Waals surface area contributed by atoms with Gasteiger partial charge in [-0.25, -0.2) is 0 Å². The van der Waals surface area contributed by atoms with Gasteiger partial charge in [0, 0.05) is 5.92 Å². The number of amides is 1. The summed E-state index contributed by atoms with van der Waals surface area (Å²) >= 11 is 0. The number of aliphatic carboxylic acids is 1. The largest absolute Gasteiger partial charge is 0.481 e. The molecule has 0 spiro atoms. The Labute approximate surface area is 141 Å². The SMILES string of the molecule is O=C(O)CC(NC(=O)C1CCc2ccccc2C1)c1ccccc1. The summed E-state index contributed by atoms with van der Waals surface area (Å²) in [6, 6.07) is 17.0. The first kappa shape index (κ1) is 16.2. The summed E-state index contributed by atoms with van der Waals surface area (Å²) in [5.74, 6) is -1.07. The van der Waals surface area contributed by atoms with Crippen LogP contribution < -0.4 is 5.32 Å². The van der Waals surface area contributed by atoms with E-state index in [-0.39, 0.29) is 18.2 Å². The van der Waals surface area contributed by atoms with Crippen LogP contribution in [0.3, 0.4) is 0 Å². The zero-order valence-corrected chi connectivity index (χ0v) is 13.4. The zero-order chi connectivity index (χ0) is 16.9. The van der Waals surface area contributed by atoms with Gasteiger partial charge in [-0.2, -0.15) is 0 Å². The van der Waals surface area contributed by atoms with Gasteiger partial charge in [0.1, 0.15) is 0 Å². The predicted octanol–water partition coefficient (Wildman–Crippen LogP) is 3.12. The van der Waals surface area contributed by atoms with Crippen molar-refractivity contribution in [2.75, 3.05) is 0 Å². The molecule has 4 nitrogen and oxygen atoms in total. The van der Waals surface area contributed by atoms with Crippen LogP contribution in [0.2, 0.25) is 0 Å². The maximum absolute atomic E-state index is 12.7. The van der Waals surface area contributed by atoms with Crippen LogP contribution >= 0.6 is 0 Å². The Kier molecular flexibility index (Phi) is 4.94. The molecule has 0 saturated carbocycles. The molecule has 1 aliphatic rings. The molecule has 1 amide bonds. The van der Waals surface area contributed by atoms with E-state index in [4.69, 9.17) is 5.11 Å². The number of carboxylic acid groups (broad SMARTS) is 1. The molecule has 3 rings (SSSR count). The maximum Gasteiger partial charge on any atom is 0.305 e. The van der Waals surface area contributed by atoms with Crippen molar-refractivity contribution in [2.45, 2.75) is 31.7 Å². The van der Waals surface area contributed by atoms with Gasteiger partial charge in [0.25, 0.3) is 0 Å². The van der Waals surface area contributed by atoms with Crippen molar-refractivity contribution in [3.8, 4) is 0 Å². The zero-order valence-electron chi connectivity index (χ0n) is 13.4. The van der Waals surface area contributed by atoms with E-state index in [1.807, 2.05) is 42.5 Å². The van der Waals surface area contributed by atoms with E-state index in [2.05, 4.69) is 17.4 Å². The third-order valence-corrected chi connectivity index (χ3v) is 4.61. The van der Waals surface area contributed by atoms with Crippen LogP contribution in [0, 0.1) is 5.92 Å². The van der Waals surface area contributed by atoms with Crippen molar-refractivity contribution in [1.29, 1.82) is 0 Å². The molecular formula is C20H21NO3. The summed E-state index contributed by atoms with van der Waals surface area (Å²) in [5.41, 5.74) is 3.36. The van der Waals surface area contributed by atoms with Gasteiger partial charge in [0.05, 0.1) is 12.5 Å². The van der Waals surface area contributed by atoms with Crippen LogP contribution in [0.4, 0.5) is 0 Å². The van der Waals surface area contributed by atoms with E-state index in [9.17, 15) is 9.59 Å². The molecule has 0 heterocycles. The molecule has 124 valence electrons. The first-order chi connectivity index (χ1) is 11.6. The van der Waals surface area contributed by atoms with E-state index in [1.54, 1.807) is 0 Å². The Morgan fingerprint density at radius 2 is 1.71 bits per heavy atom. The van der Waals surface area contributed by atoms with E-state index < -0.39 is 12.0 Å². The lowest BCUT2D eigenvalue weighted by molar-refractivity contribution is -0.138. The molecule has 24 heavy (non-hydrogen) atoms. The van der Waals surface area contributed by atoms with Crippen molar-refractivity contribution in [3.63, 3.8) is 0 Å². The highest BCUT2D eigenvalue weighted by Gasteiger charge is 2.27. The van der Waals surface area contributed by atoms with Crippen molar-refractivity contribution >= 4 is 11.9 Å². The Balaban J connectivity index is 1.71. The first-order valence-corrected chi connectivity index (χ1v) is 8.27. The van der Waals surface area contributed by atoms with Gasteiger partial charge >= 0.3 is 5.97 Å². The highest BCUT2D eigenvalue weighted by Crippen LogP contribution is 2.26. The van der Waals surface area contributed by atoms with Crippen LogP contribution in [0.15, 0.2) is 54.6 Å². The summed E-state index contributed by atoms with van der Waals surface area (Å²) < 4.78 is 0. The van der Waals surface area contributed by atoms with Gasteiger partial charge in [0.15, 0.2) is 0 Å². The second kappa shape index (κ2) is 7.30. The van der Waals surface area contributed by atoms with Gasteiger partial charge in [0.2, 0.25) is 5.91 Å². The summed E-state index contributed by atoms with van der Waals surface area (Å²) in [4.78, 5) is 23.8. The summed E-state index contributed by atoms with van der Waals surface area (Å²) in [7, 11) is 0. The van der Waals surface area contributed by atoms with Gasteiger partial charge < -0.3 is 10.4 Å². The quantitative estimate of drug-likeness (QED) is 0.888. The number of rotatable bonds is 5. The topological polar surface area (TPSA) is 66.4 Å². The van der Waals surface area contributed by atoms with Crippen LogP contribution in [-0.2, 0) is 22.4 Å². The lowest BCUT2D eigenvalue weighted by atomic mass is 9.83. The van der Waals surface area contributed by atoms with E-state index in [0.717, 1.165) is 24.8 Å². The Hall–Kier alpha value is -2.62. The van der Waals surface area contributed by atoms with Crippen LogP contribution in [-0.4, -0.2) is 17.0 Å². The van der Waals surface area contributed by atoms with Crippen LogP contribution in [0.1, 0.15) is 35.6 Å². The molecule has 0 aromatic heterocycles. The Morgan fingerprint density at radius 1 is 1.04 bits per heavy atom. The van der Waals surface area contributed by atoms with E-state index in [1.165, 1.54) is 11.1 Å². The number of carbonyl (C=O) groups is 2. The molecule has 2 unspecified atom stereocenters. The normalized spacial score (nSPS) is 17.6. The van der Waals surface area contributed by atoms with Crippen molar-refractivity contribution in [3.05, 3.63) is 71.3 Å². The first-order valence-electron chi connectivity index (χ1n) is 8.27. The number of nitrogens with one attached hydrogen (secondary N) is 1. The molecule has 0 bridgehead atoms. The highest BCUT2D eigenvalue weighted by atomic mass is 16.4. The van der Waals surface area contributed by atoms with Gasteiger partial charge in [-0.15, -0.1) is 0 Å². The number of hydrogen-bond acceptors (Lipinski definition) is 2. The monoisotopic (exact) mass is 323 g/mol. The van der Waals surface area contributed by atoms with E-state index in [0.29, 0.717) is 0 Å². The number of benzene rings is 2. The fourth-order valence-corrected chi connectivity index (χ4v) is 3.32. The summed E-state index contributed by atoms with van der Waals surface area (Å²) in [6.45, 7) is 0. The molecule has 2 N–H and O–H groups in total. The minimum atomic E-state index is -0.918. The number of carboxylic acids is 1. The number of carbonyl (C=O) groups excluding carboxylic acids is 1. The van der Waals surface area contributed by atoms with Crippen LogP contribution in [0.5, 0.6) is 0 Å². The second-order valence-corrected chi connectivity index (χ2v) is 6.28. The third-order valence-electron chi connectivity index (χ3n) is 4.61. The Morgan fingerprint density at radius 3 is 2.42 bits per heavy atom. The van der Waals surface area contributed by atoms with E-state index >= 15 is 0 Å². The molecular weight excluding hydrogens is 302 g/mol. The minimum absolute atomic E-state index is 0.0559. The smallest absolute Gasteiger partial charge is 0.305 e. The number of fused-ring (bicyclic) bond motifs is 1. The molecule has 4 heteroatoms. The predicted molar refractivity (Wildman–Crippen MR) is 91.5 cm³/mol. The minimum Gasteiger partial charge on any atom is -0.481 e. The van der Waals surface area contributed by atoms with Gasteiger partial charge in [-0.1, -0.05) is 54.6 Å². The highest BCUT2D eigenvalue weighted by molar-refractivity contribution is 5.80. The fourth-order valence-electron chi connectivity index (χ4n) is 3.32. The Bertz CT molecular complexity index is 727. The molecule has 0 aliphatic heterocycles. The molecule has 2 atom stereocenters. The number of aryl methyl sites for hydroxylation is 1. The van der Waals surface area contributed by atoms with Crippen LogP contribution in [0.25, 0.3) is 0 Å². The summed E-state index contributed by atoms with van der Waals surface area (Å²) in [6.07, 6.45) is 2.30. The average Bonchev–Trinajstić information content (AvgIpc) is 2.61. The van der Waals surface area contributed by atoms with Crippen molar-refractivity contribution < 1.29 is 14.7 Å². The van der Waals surface area contributed by atoms with Gasteiger partial charge in [-0.3, -0.25) is 9.59 Å². The standard InChI is InChI=1S/C20H21NO3/c22-19(23)13-18(15-7-2-1-3-8-15)21-20(24)17-11-10-14-6-4-5-9-16(14)12-17/h1-9,17-18H,10-13H2,(H,21,24)(H,22,23).